The van der Waals surface area contributed by atoms with E-state index in [1.165, 1.54) is 19.1 Å². The van der Waals surface area contributed by atoms with E-state index in [9.17, 15) is 9.59 Å². The smallest absolute Gasteiger partial charge is 0.335 e. The summed E-state index contributed by atoms with van der Waals surface area (Å²) >= 11 is 0. The molecule has 0 spiro atoms. The van der Waals surface area contributed by atoms with Crippen molar-refractivity contribution in [2.75, 3.05) is 13.3 Å². The normalized spacial score (nSPS) is 18.8. The lowest BCUT2D eigenvalue weighted by Crippen LogP contribution is -2.35. The predicted octanol–water partition coefficient (Wildman–Crippen LogP) is 1.71. The number of esters is 1. The van der Waals surface area contributed by atoms with Crippen molar-refractivity contribution in [3.8, 4) is 5.75 Å². The van der Waals surface area contributed by atoms with Crippen LogP contribution < -0.4 is 4.74 Å². The van der Waals surface area contributed by atoms with Crippen LogP contribution in [-0.2, 0) is 9.53 Å². The Morgan fingerprint density at radius 2 is 2.05 bits per heavy atom. The molecule has 0 saturated carbocycles. The zero-order valence-electron chi connectivity index (χ0n) is 11.2. The number of carboxylic acids is 1. The Hall–Kier alpha value is -2.08. The van der Waals surface area contributed by atoms with Gasteiger partial charge in [0.2, 0.25) is 0 Å². The van der Waals surface area contributed by atoms with Gasteiger partial charge in [-0.05, 0) is 37.1 Å². The van der Waals surface area contributed by atoms with Crippen LogP contribution in [0.5, 0.6) is 5.75 Å². The van der Waals surface area contributed by atoms with Crippen LogP contribution in [0.4, 0.5) is 0 Å². The first-order chi connectivity index (χ1) is 9.56. The second kappa shape index (κ2) is 6.38. The molecule has 1 saturated heterocycles. The average Bonchev–Trinajstić information content (AvgIpc) is 2.83. The van der Waals surface area contributed by atoms with Crippen molar-refractivity contribution >= 4 is 11.9 Å². The van der Waals surface area contributed by atoms with E-state index in [-0.39, 0.29) is 17.8 Å². The molecule has 6 heteroatoms. The summed E-state index contributed by atoms with van der Waals surface area (Å²) in [6.07, 6.45) is 1.53. The number of benzene rings is 1. The zero-order valence-corrected chi connectivity index (χ0v) is 11.2. The Morgan fingerprint density at radius 3 is 2.65 bits per heavy atom. The van der Waals surface area contributed by atoms with E-state index in [0.29, 0.717) is 12.5 Å². The number of aromatic carboxylic acids is 1. The van der Waals surface area contributed by atoms with Gasteiger partial charge in [0, 0.05) is 13.5 Å². The molecule has 1 N–H and O–H groups in total. The molecule has 2 rings (SSSR count). The van der Waals surface area contributed by atoms with E-state index in [4.69, 9.17) is 14.6 Å². The molecule has 1 heterocycles. The van der Waals surface area contributed by atoms with Crippen LogP contribution in [0.2, 0.25) is 0 Å². The van der Waals surface area contributed by atoms with Crippen LogP contribution in [-0.4, -0.2) is 41.4 Å². The molecular formula is C14H17NO5. The summed E-state index contributed by atoms with van der Waals surface area (Å²) in [5.41, 5.74) is 0.219. The number of ether oxygens (including phenoxy) is 2. The molecule has 6 nitrogen and oxygen atoms in total. The Morgan fingerprint density at radius 1 is 1.35 bits per heavy atom. The lowest BCUT2D eigenvalue weighted by atomic mass is 10.2. The summed E-state index contributed by atoms with van der Waals surface area (Å²) < 4.78 is 10.8. The van der Waals surface area contributed by atoms with Crippen molar-refractivity contribution in [3.63, 3.8) is 0 Å². The van der Waals surface area contributed by atoms with Crippen LogP contribution in [0.25, 0.3) is 0 Å². The number of nitrogens with zero attached hydrogens (tertiary/aromatic N) is 1. The molecule has 20 heavy (non-hydrogen) atoms. The van der Waals surface area contributed by atoms with Gasteiger partial charge in [-0.15, -0.1) is 0 Å². The van der Waals surface area contributed by atoms with Crippen LogP contribution in [0, 0.1) is 0 Å². The first-order valence-corrected chi connectivity index (χ1v) is 6.43. The minimum atomic E-state index is -0.967. The lowest BCUT2D eigenvalue weighted by Gasteiger charge is -2.23. The second-order valence-corrected chi connectivity index (χ2v) is 4.62. The van der Waals surface area contributed by atoms with E-state index in [2.05, 4.69) is 0 Å². The minimum Gasteiger partial charge on any atom is -0.478 e. The van der Waals surface area contributed by atoms with Crippen molar-refractivity contribution in [1.29, 1.82) is 0 Å². The highest BCUT2D eigenvalue weighted by atomic mass is 16.6. The number of carbonyl (C=O) groups excluding carboxylic acids is 1. The molecule has 108 valence electrons. The maximum absolute atomic E-state index is 11.0. The molecule has 1 fully saturated rings. The summed E-state index contributed by atoms with van der Waals surface area (Å²) in [5.74, 6) is -0.679. The molecule has 0 aromatic heterocycles. The van der Waals surface area contributed by atoms with Crippen LogP contribution in [0.3, 0.4) is 0 Å². The molecular weight excluding hydrogens is 262 g/mol. The molecule has 1 atom stereocenters. The van der Waals surface area contributed by atoms with Crippen LogP contribution >= 0.6 is 0 Å². The molecule has 0 amide bonds. The van der Waals surface area contributed by atoms with Gasteiger partial charge in [0.15, 0.2) is 6.23 Å². The highest BCUT2D eigenvalue weighted by Crippen LogP contribution is 2.19. The van der Waals surface area contributed by atoms with Gasteiger partial charge >= 0.3 is 11.9 Å². The lowest BCUT2D eigenvalue weighted by molar-refractivity contribution is -0.156. The average molecular weight is 279 g/mol. The van der Waals surface area contributed by atoms with E-state index in [1.807, 2.05) is 4.90 Å². The molecule has 0 unspecified atom stereocenters. The first-order valence-electron chi connectivity index (χ1n) is 6.43. The number of likely N-dealkylation sites (tertiary alicyclic amines) is 1. The third-order valence-electron chi connectivity index (χ3n) is 3.10. The number of hydrogen-bond acceptors (Lipinski definition) is 5. The van der Waals surface area contributed by atoms with E-state index < -0.39 is 5.97 Å². The second-order valence-electron chi connectivity index (χ2n) is 4.62. The third kappa shape index (κ3) is 3.71. The van der Waals surface area contributed by atoms with Gasteiger partial charge in [-0.25, -0.2) is 9.69 Å². The van der Waals surface area contributed by atoms with Gasteiger partial charge in [-0.1, -0.05) is 0 Å². The number of carbonyl (C=O) groups is 2. The van der Waals surface area contributed by atoms with Gasteiger partial charge in [0.25, 0.3) is 0 Å². The number of carboxylic acid groups (broad SMARTS) is 1. The van der Waals surface area contributed by atoms with Crippen molar-refractivity contribution in [3.05, 3.63) is 29.8 Å². The number of rotatable bonds is 5. The summed E-state index contributed by atoms with van der Waals surface area (Å²) in [4.78, 5) is 23.6. The molecule has 0 bridgehead atoms. The SMILES string of the molecule is CC(=O)O[C@H]1CCCN1COc1ccc(C(=O)O)cc1. The monoisotopic (exact) mass is 279 g/mol. The maximum atomic E-state index is 11.0. The maximum Gasteiger partial charge on any atom is 0.335 e. The largest absolute Gasteiger partial charge is 0.478 e. The standard InChI is InChI=1S/C14H17NO5/c1-10(16)20-13-3-2-8-15(13)9-19-12-6-4-11(5-7-12)14(17)18/h4-7,13H,2-3,8-9H2,1H3,(H,17,18)/t13-/m0/s1. The van der Waals surface area contributed by atoms with Crippen molar-refractivity contribution in [2.45, 2.75) is 26.0 Å². The van der Waals surface area contributed by atoms with E-state index in [1.54, 1.807) is 12.1 Å². The fraction of sp³-hybridized carbons (Fsp3) is 0.429. The van der Waals surface area contributed by atoms with Crippen LogP contribution in [0.15, 0.2) is 24.3 Å². The van der Waals surface area contributed by atoms with Crippen molar-refractivity contribution < 1.29 is 24.2 Å². The minimum absolute atomic E-state index is 0.219. The van der Waals surface area contributed by atoms with Crippen molar-refractivity contribution in [1.82, 2.24) is 4.90 Å². The molecule has 1 aliphatic rings. The highest BCUT2D eigenvalue weighted by Gasteiger charge is 2.27. The Bertz CT molecular complexity index is 485. The van der Waals surface area contributed by atoms with E-state index >= 15 is 0 Å². The van der Waals surface area contributed by atoms with Gasteiger partial charge in [-0.2, -0.15) is 0 Å². The van der Waals surface area contributed by atoms with Gasteiger partial charge in [0.05, 0.1) is 5.56 Å². The fourth-order valence-electron chi connectivity index (χ4n) is 2.12. The molecule has 0 radical (unpaired) electrons. The summed E-state index contributed by atoms with van der Waals surface area (Å²) in [6.45, 7) is 2.51. The van der Waals surface area contributed by atoms with Crippen molar-refractivity contribution in [2.24, 2.45) is 0 Å². The van der Waals surface area contributed by atoms with Gasteiger partial charge in [0.1, 0.15) is 12.5 Å². The molecule has 0 aliphatic carbocycles. The summed E-state index contributed by atoms with van der Waals surface area (Å²) in [6, 6.07) is 6.21. The Labute approximate surface area is 116 Å². The molecule has 1 aliphatic heterocycles. The van der Waals surface area contributed by atoms with E-state index in [0.717, 1.165) is 19.4 Å². The number of hydrogen-bond donors (Lipinski definition) is 1. The Kier molecular flexibility index (Phi) is 4.57. The Balaban J connectivity index is 1.88. The first kappa shape index (κ1) is 14.3. The predicted molar refractivity (Wildman–Crippen MR) is 70.4 cm³/mol. The molecule has 1 aromatic rings. The quantitative estimate of drug-likeness (QED) is 0.827. The van der Waals surface area contributed by atoms with Crippen LogP contribution in [0.1, 0.15) is 30.1 Å². The third-order valence-corrected chi connectivity index (χ3v) is 3.10. The zero-order chi connectivity index (χ0) is 14.5. The summed E-state index contributed by atoms with van der Waals surface area (Å²) in [7, 11) is 0. The molecule has 1 aromatic carbocycles. The van der Waals surface area contributed by atoms with Gasteiger partial charge < -0.3 is 14.6 Å². The highest BCUT2D eigenvalue weighted by molar-refractivity contribution is 5.87. The fourth-order valence-corrected chi connectivity index (χ4v) is 2.12. The summed E-state index contributed by atoms with van der Waals surface area (Å²) in [5, 5.41) is 8.80. The topological polar surface area (TPSA) is 76.1 Å². The van der Waals surface area contributed by atoms with Gasteiger partial charge in [-0.3, -0.25) is 4.79 Å².